The van der Waals surface area contributed by atoms with Crippen molar-refractivity contribution in [2.24, 2.45) is 0 Å². The molecule has 2 aromatic carbocycles. The normalized spacial score (nSPS) is 11.3. The van der Waals surface area contributed by atoms with Crippen LogP contribution in [0.25, 0.3) is 17.1 Å². The van der Waals surface area contributed by atoms with Crippen LogP contribution in [0.2, 0.25) is 0 Å². The summed E-state index contributed by atoms with van der Waals surface area (Å²) in [5.41, 5.74) is 3.19. The maximum atomic E-state index is 5.87. The van der Waals surface area contributed by atoms with Gasteiger partial charge in [0.2, 0.25) is 0 Å². The van der Waals surface area contributed by atoms with Gasteiger partial charge in [0.25, 0.3) is 0 Å². The van der Waals surface area contributed by atoms with Crippen molar-refractivity contribution in [2.45, 2.75) is 18.5 Å². The highest BCUT2D eigenvalue weighted by Crippen LogP contribution is 2.29. The minimum absolute atomic E-state index is 0.645. The Morgan fingerprint density at radius 1 is 1.16 bits per heavy atom. The lowest BCUT2D eigenvalue weighted by molar-refractivity contribution is 0.295. The van der Waals surface area contributed by atoms with Crippen LogP contribution in [0.4, 0.5) is 0 Å². The molecule has 25 heavy (non-hydrogen) atoms. The van der Waals surface area contributed by atoms with E-state index < -0.39 is 0 Å². The van der Waals surface area contributed by atoms with Gasteiger partial charge in [-0.3, -0.25) is 0 Å². The van der Waals surface area contributed by atoms with Crippen LogP contribution >= 0.6 is 11.8 Å². The number of thioether (sulfide) groups is 1. The Labute approximate surface area is 152 Å². The number of aromatic nitrogens is 2. The van der Waals surface area contributed by atoms with E-state index in [-0.39, 0.29) is 0 Å². The Hall–Kier alpha value is -2.40. The average molecular weight is 354 g/mol. The van der Waals surface area contributed by atoms with Crippen molar-refractivity contribution < 1.29 is 9.47 Å². The Kier molecular flexibility index (Phi) is 6.01. The third kappa shape index (κ3) is 4.57. The third-order valence-corrected chi connectivity index (χ3v) is 4.66. The van der Waals surface area contributed by atoms with Crippen LogP contribution in [-0.4, -0.2) is 29.4 Å². The standard InChI is InChI=1S/C20H22N2O2S/c1-3-7-15-10-11-18(19(14-15)23-2)24-12-6-13-25-20-21-16-8-4-5-9-17(16)22-20/h3-5,7-11,14H,6,12-13H2,1-2H3,(H,21,22). The van der Waals surface area contributed by atoms with Gasteiger partial charge >= 0.3 is 0 Å². The molecular weight excluding hydrogens is 332 g/mol. The monoisotopic (exact) mass is 354 g/mol. The highest BCUT2D eigenvalue weighted by Gasteiger charge is 2.06. The summed E-state index contributed by atoms with van der Waals surface area (Å²) in [4.78, 5) is 7.89. The number of imidazole rings is 1. The van der Waals surface area contributed by atoms with Gasteiger partial charge in [-0.25, -0.2) is 4.98 Å². The highest BCUT2D eigenvalue weighted by molar-refractivity contribution is 7.99. The number of para-hydroxylation sites is 2. The summed E-state index contributed by atoms with van der Waals surface area (Å²) in [6.07, 6.45) is 4.97. The molecule has 0 spiro atoms. The molecule has 0 unspecified atom stereocenters. The summed E-state index contributed by atoms with van der Waals surface area (Å²) in [5, 5.41) is 0.953. The second kappa shape index (κ2) is 8.62. The number of aromatic amines is 1. The fourth-order valence-electron chi connectivity index (χ4n) is 2.51. The topological polar surface area (TPSA) is 47.1 Å². The zero-order valence-corrected chi connectivity index (χ0v) is 15.3. The number of hydrogen-bond acceptors (Lipinski definition) is 4. The van der Waals surface area contributed by atoms with Gasteiger partial charge in [0, 0.05) is 5.75 Å². The highest BCUT2D eigenvalue weighted by atomic mass is 32.2. The number of ether oxygens (including phenoxy) is 2. The smallest absolute Gasteiger partial charge is 0.166 e. The third-order valence-electron chi connectivity index (χ3n) is 3.70. The maximum Gasteiger partial charge on any atom is 0.166 e. The van der Waals surface area contributed by atoms with Gasteiger partial charge in [-0.15, -0.1) is 0 Å². The largest absolute Gasteiger partial charge is 0.493 e. The first-order valence-corrected chi connectivity index (χ1v) is 9.30. The predicted molar refractivity (Wildman–Crippen MR) is 105 cm³/mol. The maximum absolute atomic E-state index is 5.87. The molecule has 3 aromatic rings. The number of nitrogens with one attached hydrogen (secondary N) is 1. The minimum atomic E-state index is 0.645. The van der Waals surface area contributed by atoms with Gasteiger partial charge < -0.3 is 14.5 Å². The van der Waals surface area contributed by atoms with E-state index in [0.717, 1.165) is 45.4 Å². The van der Waals surface area contributed by atoms with Crippen LogP contribution in [0.3, 0.4) is 0 Å². The molecule has 0 fully saturated rings. The van der Waals surface area contributed by atoms with E-state index in [1.54, 1.807) is 18.9 Å². The molecule has 130 valence electrons. The molecule has 5 heteroatoms. The molecule has 0 radical (unpaired) electrons. The molecular formula is C20H22N2O2S. The van der Waals surface area contributed by atoms with Gasteiger partial charge in [0.05, 0.1) is 24.8 Å². The average Bonchev–Trinajstić information content (AvgIpc) is 3.05. The van der Waals surface area contributed by atoms with E-state index in [1.165, 1.54) is 0 Å². The van der Waals surface area contributed by atoms with Crippen molar-refractivity contribution in [3.05, 3.63) is 54.1 Å². The van der Waals surface area contributed by atoms with E-state index >= 15 is 0 Å². The van der Waals surface area contributed by atoms with Crippen LogP contribution in [-0.2, 0) is 0 Å². The Bertz CT molecular complexity index is 825. The Morgan fingerprint density at radius 2 is 2.04 bits per heavy atom. The van der Waals surface area contributed by atoms with Crippen molar-refractivity contribution in [1.82, 2.24) is 9.97 Å². The van der Waals surface area contributed by atoms with E-state index in [1.807, 2.05) is 61.5 Å². The minimum Gasteiger partial charge on any atom is -0.493 e. The van der Waals surface area contributed by atoms with Crippen LogP contribution in [0.5, 0.6) is 11.5 Å². The molecule has 1 heterocycles. The lowest BCUT2D eigenvalue weighted by atomic mass is 10.2. The number of methoxy groups -OCH3 is 1. The molecule has 1 aromatic heterocycles. The number of hydrogen-bond donors (Lipinski definition) is 1. The van der Waals surface area contributed by atoms with Gasteiger partial charge in [0.1, 0.15) is 0 Å². The predicted octanol–water partition coefficient (Wildman–Crippen LogP) is 5.17. The lowest BCUT2D eigenvalue weighted by Gasteiger charge is -2.11. The summed E-state index contributed by atoms with van der Waals surface area (Å²) in [6.45, 7) is 2.64. The van der Waals surface area contributed by atoms with Gasteiger partial charge in [-0.1, -0.05) is 42.1 Å². The number of fused-ring (bicyclic) bond motifs is 1. The van der Waals surface area contributed by atoms with Gasteiger partial charge in [-0.05, 0) is 43.2 Å². The van der Waals surface area contributed by atoms with E-state index in [2.05, 4.69) is 9.97 Å². The lowest BCUT2D eigenvalue weighted by Crippen LogP contribution is -2.00. The first-order chi connectivity index (χ1) is 12.3. The summed E-state index contributed by atoms with van der Waals surface area (Å²) in [5.74, 6) is 2.49. The zero-order valence-electron chi connectivity index (χ0n) is 14.5. The number of allylic oxidation sites excluding steroid dienone is 1. The second-order valence-electron chi connectivity index (χ2n) is 5.52. The van der Waals surface area contributed by atoms with Gasteiger partial charge in [-0.2, -0.15) is 0 Å². The molecule has 4 nitrogen and oxygen atoms in total. The fraction of sp³-hybridized carbons (Fsp3) is 0.250. The molecule has 0 saturated heterocycles. The van der Waals surface area contributed by atoms with E-state index in [4.69, 9.17) is 9.47 Å². The molecule has 0 atom stereocenters. The van der Waals surface area contributed by atoms with Crippen molar-refractivity contribution in [3.63, 3.8) is 0 Å². The first kappa shape index (κ1) is 17.4. The molecule has 3 rings (SSSR count). The van der Waals surface area contributed by atoms with Crippen LogP contribution in [0.1, 0.15) is 18.9 Å². The molecule has 1 N–H and O–H groups in total. The SMILES string of the molecule is CC=Cc1ccc(OCCCSc2nc3ccccc3[nH]2)c(OC)c1. The molecule has 0 bridgehead atoms. The number of H-pyrrole nitrogens is 1. The molecule has 0 aliphatic rings. The van der Waals surface area contributed by atoms with E-state index in [9.17, 15) is 0 Å². The zero-order chi connectivity index (χ0) is 17.5. The molecule has 0 amide bonds. The van der Waals surface area contributed by atoms with Crippen molar-refractivity contribution in [2.75, 3.05) is 19.5 Å². The van der Waals surface area contributed by atoms with Crippen molar-refractivity contribution in [3.8, 4) is 11.5 Å². The van der Waals surface area contributed by atoms with Crippen molar-refractivity contribution in [1.29, 1.82) is 0 Å². The van der Waals surface area contributed by atoms with Crippen molar-refractivity contribution >= 4 is 28.9 Å². The summed E-state index contributed by atoms with van der Waals surface area (Å²) in [7, 11) is 1.67. The molecule has 0 aliphatic carbocycles. The quantitative estimate of drug-likeness (QED) is 0.448. The fourth-order valence-corrected chi connectivity index (χ4v) is 3.31. The van der Waals surface area contributed by atoms with Crippen LogP contribution in [0.15, 0.2) is 53.7 Å². The van der Waals surface area contributed by atoms with Crippen LogP contribution < -0.4 is 9.47 Å². The second-order valence-corrected chi connectivity index (χ2v) is 6.60. The Balaban J connectivity index is 1.48. The number of benzene rings is 2. The molecule has 0 aliphatic heterocycles. The summed E-state index contributed by atoms with van der Waals surface area (Å²) in [6, 6.07) is 14.0. The number of rotatable bonds is 8. The summed E-state index contributed by atoms with van der Waals surface area (Å²) >= 11 is 1.71. The number of nitrogens with zero attached hydrogens (tertiary/aromatic N) is 1. The van der Waals surface area contributed by atoms with E-state index in [0.29, 0.717) is 6.61 Å². The Morgan fingerprint density at radius 3 is 2.84 bits per heavy atom. The molecule has 0 saturated carbocycles. The summed E-state index contributed by atoms with van der Waals surface area (Å²) < 4.78 is 11.3. The first-order valence-electron chi connectivity index (χ1n) is 8.31. The van der Waals surface area contributed by atoms with Crippen LogP contribution in [0, 0.1) is 0 Å². The van der Waals surface area contributed by atoms with Gasteiger partial charge in [0.15, 0.2) is 16.7 Å².